The third-order valence-electron chi connectivity index (χ3n) is 5.40. The van der Waals surface area contributed by atoms with Crippen molar-refractivity contribution in [1.29, 1.82) is 0 Å². The van der Waals surface area contributed by atoms with Gasteiger partial charge in [0.05, 0.1) is 22.6 Å². The fourth-order valence-corrected chi connectivity index (χ4v) is 4.55. The summed E-state index contributed by atoms with van der Waals surface area (Å²) in [7, 11) is -4.25. The average Bonchev–Trinajstić information content (AvgIpc) is 3.33. The van der Waals surface area contributed by atoms with Gasteiger partial charge in [0.15, 0.2) is 6.61 Å². The van der Waals surface area contributed by atoms with Gasteiger partial charge in [-0.3, -0.25) is 19.7 Å². The van der Waals surface area contributed by atoms with E-state index in [9.17, 15) is 28.1 Å². The van der Waals surface area contributed by atoms with E-state index in [0.717, 1.165) is 25.3 Å². The standard InChI is InChI=1S/C21H26N4O8S/c1-15-5-2-3-9-24(15)20(26)14-33-21(27)13-23-34(30,31)17-7-8-18(19(11-17)25(28)29)22-12-16-6-4-10-32-16/h4,6-8,10-11,15,22-23H,2-3,5,9,12-14H2,1H3. The molecule has 1 aliphatic rings. The molecule has 34 heavy (non-hydrogen) atoms. The second-order valence-corrected chi connectivity index (χ2v) is 9.55. The topological polar surface area (TPSA) is 161 Å². The summed E-state index contributed by atoms with van der Waals surface area (Å²) in [5.74, 6) is -0.733. The number of sulfonamides is 1. The molecule has 2 aromatic rings. The molecule has 1 atom stereocenters. The summed E-state index contributed by atoms with van der Waals surface area (Å²) in [5, 5.41) is 14.3. The minimum Gasteiger partial charge on any atom is -0.467 e. The first kappa shape index (κ1) is 25.2. The summed E-state index contributed by atoms with van der Waals surface area (Å²) in [6, 6.07) is 6.73. The van der Waals surface area contributed by atoms with Gasteiger partial charge >= 0.3 is 5.97 Å². The van der Waals surface area contributed by atoms with Gasteiger partial charge in [0.2, 0.25) is 10.0 Å². The molecule has 0 spiro atoms. The predicted octanol–water partition coefficient (Wildman–Crippen LogP) is 2.02. The molecule has 1 aliphatic heterocycles. The van der Waals surface area contributed by atoms with E-state index < -0.39 is 44.7 Å². The van der Waals surface area contributed by atoms with Crippen LogP contribution in [0, 0.1) is 10.1 Å². The molecule has 0 bridgehead atoms. The second-order valence-electron chi connectivity index (χ2n) is 7.79. The van der Waals surface area contributed by atoms with Gasteiger partial charge in [-0.05, 0) is 50.5 Å². The van der Waals surface area contributed by atoms with Crippen LogP contribution in [0.1, 0.15) is 31.9 Å². The zero-order valence-corrected chi connectivity index (χ0v) is 19.4. The predicted molar refractivity (Wildman–Crippen MR) is 120 cm³/mol. The molecule has 2 heterocycles. The lowest BCUT2D eigenvalue weighted by atomic mass is 10.0. The molecular weight excluding hydrogens is 468 g/mol. The summed E-state index contributed by atoms with van der Waals surface area (Å²) in [4.78, 5) is 36.2. The molecule has 0 radical (unpaired) electrons. The highest BCUT2D eigenvalue weighted by atomic mass is 32.2. The number of likely N-dealkylation sites (tertiary alicyclic amines) is 1. The first-order valence-corrected chi connectivity index (χ1v) is 12.1. The number of nitro benzene ring substituents is 1. The van der Waals surface area contributed by atoms with Crippen LogP contribution in [0.4, 0.5) is 11.4 Å². The van der Waals surface area contributed by atoms with E-state index >= 15 is 0 Å². The lowest BCUT2D eigenvalue weighted by Crippen LogP contribution is -2.44. The van der Waals surface area contributed by atoms with Crippen LogP contribution in [0.5, 0.6) is 0 Å². The highest BCUT2D eigenvalue weighted by molar-refractivity contribution is 7.89. The fraction of sp³-hybridized carbons (Fsp3) is 0.429. The number of amides is 1. The van der Waals surface area contributed by atoms with Crippen molar-refractivity contribution in [3.63, 3.8) is 0 Å². The largest absolute Gasteiger partial charge is 0.467 e. The van der Waals surface area contributed by atoms with Crippen LogP contribution in [0.3, 0.4) is 0 Å². The molecule has 1 fully saturated rings. The van der Waals surface area contributed by atoms with Crippen LogP contribution in [-0.4, -0.2) is 55.9 Å². The SMILES string of the molecule is CC1CCCCN1C(=O)COC(=O)CNS(=O)(=O)c1ccc(NCc2ccco2)c([N+](=O)[O-])c1. The van der Waals surface area contributed by atoms with E-state index in [2.05, 4.69) is 5.32 Å². The molecule has 12 nitrogen and oxygen atoms in total. The van der Waals surface area contributed by atoms with Crippen LogP contribution in [0.15, 0.2) is 45.9 Å². The number of benzene rings is 1. The lowest BCUT2D eigenvalue weighted by molar-refractivity contribution is -0.384. The number of carbonyl (C=O) groups excluding carboxylic acids is 2. The van der Waals surface area contributed by atoms with Gasteiger partial charge in [-0.2, -0.15) is 4.72 Å². The van der Waals surface area contributed by atoms with Gasteiger partial charge in [-0.25, -0.2) is 8.42 Å². The number of piperidine rings is 1. The molecule has 1 aromatic heterocycles. The molecule has 13 heteroatoms. The molecule has 2 N–H and O–H groups in total. The zero-order chi connectivity index (χ0) is 24.7. The Balaban J connectivity index is 1.57. The monoisotopic (exact) mass is 494 g/mol. The van der Waals surface area contributed by atoms with Gasteiger partial charge in [-0.1, -0.05) is 0 Å². The van der Waals surface area contributed by atoms with Crippen LogP contribution in [-0.2, 0) is 30.9 Å². The maximum Gasteiger partial charge on any atom is 0.321 e. The van der Waals surface area contributed by atoms with Gasteiger partial charge < -0.3 is 19.4 Å². The number of esters is 1. The third-order valence-corrected chi connectivity index (χ3v) is 6.79. The van der Waals surface area contributed by atoms with E-state index in [1.807, 2.05) is 11.6 Å². The van der Waals surface area contributed by atoms with Crippen molar-refractivity contribution < 1.29 is 32.1 Å². The third kappa shape index (κ3) is 6.54. The fourth-order valence-electron chi connectivity index (χ4n) is 3.56. The smallest absolute Gasteiger partial charge is 0.321 e. The first-order chi connectivity index (χ1) is 16.2. The number of nitro groups is 1. The Morgan fingerprint density at radius 3 is 2.76 bits per heavy atom. The van der Waals surface area contributed by atoms with E-state index in [0.29, 0.717) is 12.3 Å². The number of hydrogen-bond donors (Lipinski definition) is 2. The first-order valence-electron chi connectivity index (χ1n) is 10.7. The van der Waals surface area contributed by atoms with Crippen LogP contribution >= 0.6 is 0 Å². The van der Waals surface area contributed by atoms with Crippen molar-refractivity contribution in [3.05, 3.63) is 52.5 Å². The second kappa shape index (κ2) is 11.1. The Morgan fingerprint density at radius 1 is 1.29 bits per heavy atom. The van der Waals surface area contributed by atoms with Crippen molar-refractivity contribution in [1.82, 2.24) is 9.62 Å². The van der Waals surface area contributed by atoms with Gasteiger partial charge in [-0.15, -0.1) is 0 Å². The van der Waals surface area contributed by atoms with Crippen molar-refractivity contribution >= 4 is 33.3 Å². The van der Waals surface area contributed by atoms with Crippen molar-refractivity contribution in [3.8, 4) is 0 Å². The number of ether oxygens (including phenoxy) is 1. The van der Waals surface area contributed by atoms with Crippen LogP contribution in [0.25, 0.3) is 0 Å². The summed E-state index contributed by atoms with van der Waals surface area (Å²) < 4.78 is 37.2. The summed E-state index contributed by atoms with van der Waals surface area (Å²) in [6.45, 7) is 1.47. The molecular formula is C21H26N4O8S. The van der Waals surface area contributed by atoms with Gasteiger partial charge in [0.25, 0.3) is 11.6 Å². The van der Waals surface area contributed by atoms with E-state index in [1.54, 1.807) is 17.0 Å². The number of nitrogens with zero attached hydrogens (tertiary/aromatic N) is 2. The number of carbonyl (C=O) groups is 2. The Bertz CT molecular complexity index is 1130. The van der Waals surface area contributed by atoms with Crippen molar-refractivity contribution in [2.24, 2.45) is 0 Å². The maximum atomic E-state index is 12.5. The molecule has 1 saturated heterocycles. The summed E-state index contributed by atoms with van der Waals surface area (Å²) in [5.41, 5.74) is -0.358. The minimum absolute atomic E-state index is 0.0609. The number of anilines is 1. The molecule has 1 aromatic carbocycles. The van der Waals surface area contributed by atoms with Gasteiger partial charge in [0, 0.05) is 18.7 Å². The number of furan rings is 1. The summed E-state index contributed by atoms with van der Waals surface area (Å²) in [6.07, 6.45) is 4.25. The molecule has 3 rings (SSSR count). The summed E-state index contributed by atoms with van der Waals surface area (Å²) >= 11 is 0. The van der Waals surface area contributed by atoms with Gasteiger partial charge in [0.1, 0.15) is 18.0 Å². The van der Waals surface area contributed by atoms with Crippen molar-refractivity contribution in [2.75, 3.05) is 25.0 Å². The average molecular weight is 495 g/mol. The van der Waals surface area contributed by atoms with Crippen LogP contribution < -0.4 is 10.0 Å². The number of nitrogens with one attached hydrogen (secondary N) is 2. The number of hydrogen-bond acceptors (Lipinski definition) is 9. The Hall–Kier alpha value is -3.45. The maximum absolute atomic E-state index is 12.5. The Labute approximate surface area is 196 Å². The molecule has 1 amide bonds. The van der Waals surface area contributed by atoms with Crippen LogP contribution in [0.2, 0.25) is 0 Å². The normalized spacial score (nSPS) is 16.1. The molecule has 184 valence electrons. The Morgan fingerprint density at radius 2 is 2.09 bits per heavy atom. The lowest BCUT2D eigenvalue weighted by Gasteiger charge is -2.33. The van der Waals surface area contributed by atoms with E-state index in [1.165, 1.54) is 18.4 Å². The van der Waals surface area contributed by atoms with E-state index in [4.69, 9.17) is 9.15 Å². The zero-order valence-electron chi connectivity index (χ0n) is 18.6. The Kier molecular flexibility index (Phi) is 8.23. The number of rotatable bonds is 10. The molecule has 1 unspecified atom stereocenters. The highest BCUT2D eigenvalue weighted by Gasteiger charge is 2.25. The quantitative estimate of drug-likeness (QED) is 0.286. The molecule has 0 aliphatic carbocycles. The van der Waals surface area contributed by atoms with Crippen molar-refractivity contribution in [2.45, 2.75) is 43.7 Å². The molecule has 0 saturated carbocycles. The highest BCUT2D eigenvalue weighted by Crippen LogP contribution is 2.28. The van der Waals surface area contributed by atoms with E-state index in [-0.39, 0.29) is 24.2 Å². The minimum atomic E-state index is -4.25.